The standard InChI is InChI=1S/C7H15N3O/c1-2-9-4-3-5-10(8-11)7-6-9/h2-7H2,1H3. The summed E-state index contributed by atoms with van der Waals surface area (Å²) in [7, 11) is 0. The molecule has 1 aliphatic rings. The Balaban J connectivity index is 2.32. The van der Waals surface area contributed by atoms with Crippen LogP contribution in [-0.2, 0) is 0 Å². The first-order valence-corrected chi connectivity index (χ1v) is 4.17. The fourth-order valence-corrected chi connectivity index (χ4v) is 1.36. The Kier molecular flexibility index (Phi) is 3.29. The molecule has 0 aromatic heterocycles. The highest BCUT2D eigenvalue weighted by atomic mass is 16.3. The van der Waals surface area contributed by atoms with Gasteiger partial charge in [-0.05, 0) is 19.5 Å². The molecule has 0 atom stereocenters. The van der Waals surface area contributed by atoms with Crippen molar-refractivity contribution >= 4 is 0 Å². The van der Waals surface area contributed by atoms with Gasteiger partial charge in [-0.15, -0.1) is 4.91 Å². The average molecular weight is 157 g/mol. The van der Waals surface area contributed by atoms with Crippen LogP contribution >= 0.6 is 0 Å². The van der Waals surface area contributed by atoms with Crippen molar-refractivity contribution in [3.05, 3.63) is 4.91 Å². The third-order valence-electron chi connectivity index (χ3n) is 2.13. The number of rotatable bonds is 2. The van der Waals surface area contributed by atoms with Gasteiger partial charge in [0, 0.05) is 13.1 Å². The third-order valence-corrected chi connectivity index (χ3v) is 2.13. The number of likely N-dealkylation sites (N-methyl/N-ethyl adjacent to an activating group) is 1. The zero-order valence-electron chi connectivity index (χ0n) is 6.99. The van der Waals surface area contributed by atoms with Crippen molar-refractivity contribution in [1.82, 2.24) is 9.91 Å². The minimum atomic E-state index is 0.789. The first kappa shape index (κ1) is 8.46. The van der Waals surface area contributed by atoms with Crippen LogP contribution in [0.1, 0.15) is 13.3 Å². The maximum Gasteiger partial charge on any atom is 0.0524 e. The molecule has 0 aliphatic carbocycles. The molecule has 1 heterocycles. The fourth-order valence-electron chi connectivity index (χ4n) is 1.36. The molecule has 0 unspecified atom stereocenters. The average Bonchev–Trinajstić information content (AvgIpc) is 2.28. The Morgan fingerprint density at radius 2 is 2.09 bits per heavy atom. The van der Waals surface area contributed by atoms with E-state index in [2.05, 4.69) is 17.1 Å². The first-order chi connectivity index (χ1) is 5.36. The van der Waals surface area contributed by atoms with E-state index < -0.39 is 0 Å². The second kappa shape index (κ2) is 4.28. The summed E-state index contributed by atoms with van der Waals surface area (Å²) in [4.78, 5) is 12.5. The molecule has 0 N–H and O–H groups in total. The summed E-state index contributed by atoms with van der Waals surface area (Å²) in [5.74, 6) is 0. The lowest BCUT2D eigenvalue weighted by atomic mass is 10.4. The van der Waals surface area contributed by atoms with E-state index in [-0.39, 0.29) is 0 Å². The molecule has 0 saturated carbocycles. The Morgan fingerprint density at radius 3 is 2.73 bits per heavy atom. The lowest BCUT2D eigenvalue weighted by Gasteiger charge is -2.16. The number of nitrogens with zero attached hydrogens (tertiary/aromatic N) is 3. The normalized spacial score (nSPS) is 21.4. The Labute approximate surface area is 67.1 Å². The number of hydrogen-bond acceptors (Lipinski definition) is 3. The molecule has 1 saturated heterocycles. The highest BCUT2D eigenvalue weighted by molar-refractivity contribution is 4.65. The molecule has 1 rings (SSSR count). The van der Waals surface area contributed by atoms with E-state index in [0.717, 1.165) is 39.1 Å². The van der Waals surface area contributed by atoms with Crippen molar-refractivity contribution in [1.29, 1.82) is 0 Å². The van der Waals surface area contributed by atoms with E-state index in [0.29, 0.717) is 0 Å². The predicted octanol–water partition coefficient (Wildman–Crippen LogP) is 0.695. The molecule has 0 bridgehead atoms. The van der Waals surface area contributed by atoms with Gasteiger partial charge in [-0.3, -0.25) is 5.01 Å². The maximum absolute atomic E-state index is 10.2. The molecule has 4 heteroatoms. The van der Waals surface area contributed by atoms with Gasteiger partial charge in [0.25, 0.3) is 0 Å². The molecule has 0 amide bonds. The molecule has 0 radical (unpaired) electrons. The Hall–Kier alpha value is -0.640. The SMILES string of the molecule is CCN1CCCN(N=O)CC1. The van der Waals surface area contributed by atoms with Crippen LogP contribution in [0.3, 0.4) is 0 Å². The van der Waals surface area contributed by atoms with Gasteiger partial charge in [-0.2, -0.15) is 0 Å². The zero-order valence-corrected chi connectivity index (χ0v) is 6.99. The largest absolute Gasteiger partial charge is 0.302 e. The quantitative estimate of drug-likeness (QED) is 0.553. The van der Waals surface area contributed by atoms with Crippen molar-refractivity contribution in [2.75, 3.05) is 32.7 Å². The summed E-state index contributed by atoms with van der Waals surface area (Å²) < 4.78 is 0. The van der Waals surface area contributed by atoms with E-state index in [4.69, 9.17) is 0 Å². The monoisotopic (exact) mass is 157 g/mol. The number of nitroso groups, excluding NO2 is 1. The number of hydrogen-bond donors (Lipinski definition) is 0. The van der Waals surface area contributed by atoms with Crippen molar-refractivity contribution in [2.24, 2.45) is 5.29 Å². The van der Waals surface area contributed by atoms with Gasteiger partial charge in [0.15, 0.2) is 0 Å². The molecule has 11 heavy (non-hydrogen) atoms. The van der Waals surface area contributed by atoms with Crippen molar-refractivity contribution in [3.8, 4) is 0 Å². The maximum atomic E-state index is 10.2. The fraction of sp³-hybridized carbons (Fsp3) is 1.00. The van der Waals surface area contributed by atoms with Crippen molar-refractivity contribution in [3.63, 3.8) is 0 Å². The highest BCUT2D eigenvalue weighted by Gasteiger charge is 2.11. The second-order valence-electron chi connectivity index (χ2n) is 2.82. The Bertz CT molecular complexity index is 129. The molecule has 1 aliphatic heterocycles. The minimum Gasteiger partial charge on any atom is -0.302 e. The van der Waals surface area contributed by atoms with Crippen LogP contribution in [0.25, 0.3) is 0 Å². The molecular weight excluding hydrogens is 142 g/mol. The van der Waals surface area contributed by atoms with Crippen molar-refractivity contribution < 1.29 is 0 Å². The minimum absolute atomic E-state index is 0.789. The molecule has 0 spiro atoms. The third kappa shape index (κ3) is 2.46. The predicted molar refractivity (Wildman–Crippen MR) is 44.1 cm³/mol. The Morgan fingerprint density at radius 1 is 1.27 bits per heavy atom. The summed E-state index contributed by atoms with van der Waals surface area (Å²) in [5.41, 5.74) is 0. The van der Waals surface area contributed by atoms with Crippen molar-refractivity contribution in [2.45, 2.75) is 13.3 Å². The molecule has 0 aromatic carbocycles. The van der Waals surface area contributed by atoms with E-state index in [1.807, 2.05) is 0 Å². The van der Waals surface area contributed by atoms with Gasteiger partial charge in [0.05, 0.1) is 11.8 Å². The van der Waals surface area contributed by atoms with Crippen LogP contribution in [0.4, 0.5) is 0 Å². The van der Waals surface area contributed by atoms with E-state index >= 15 is 0 Å². The van der Waals surface area contributed by atoms with Gasteiger partial charge < -0.3 is 4.90 Å². The lowest BCUT2D eigenvalue weighted by molar-refractivity contribution is 0.269. The second-order valence-corrected chi connectivity index (χ2v) is 2.82. The summed E-state index contributed by atoms with van der Waals surface area (Å²) in [6.07, 6.45) is 1.06. The van der Waals surface area contributed by atoms with Gasteiger partial charge >= 0.3 is 0 Å². The van der Waals surface area contributed by atoms with Crippen LogP contribution in [-0.4, -0.2) is 42.6 Å². The van der Waals surface area contributed by atoms with E-state index in [1.54, 1.807) is 5.01 Å². The van der Waals surface area contributed by atoms with Crippen LogP contribution < -0.4 is 0 Å². The lowest BCUT2D eigenvalue weighted by Crippen LogP contribution is -2.28. The van der Waals surface area contributed by atoms with Crippen LogP contribution in [0, 0.1) is 4.91 Å². The first-order valence-electron chi connectivity index (χ1n) is 4.17. The summed E-state index contributed by atoms with van der Waals surface area (Å²) in [6, 6.07) is 0. The molecule has 0 aromatic rings. The summed E-state index contributed by atoms with van der Waals surface area (Å²) in [5, 5.41) is 4.54. The van der Waals surface area contributed by atoms with Gasteiger partial charge in [0.1, 0.15) is 0 Å². The van der Waals surface area contributed by atoms with Crippen LogP contribution in [0.15, 0.2) is 5.29 Å². The van der Waals surface area contributed by atoms with Gasteiger partial charge in [0.2, 0.25) is 0 Å². The molecule has 64 valence electrons. The molecule has 4 nitrogen and oxygen atoms in total. The molecule has 1 fully saturated rings. The van der Waals surface area contributed by atoms with E-state index in [1.165, 1.54) is 0 Å². The van der Waals surface area contributed by atoms with Crippen LogP contribution in [0.5, 0.6) is 0 Å². The van der Waals surface area contributed by atoms with Crippen LogP contribution in [0.2, 0.25) is 0 Å². The summed E-state index contributed by atoms with van der Waals surface area (Å²) in [6.45, 7) is 6.90. The van der Waals surface area contributed by atoms with Gasteiger partial charge in [-0.25, -0.2) is 0 Å². The highest BCUT2D eigenvalue weighted by Crippen LogP contribution is 2.01. The topological polar surface area (TPSA) is 35.9 Å². The zero-order chi connectivity index (χ0) is 8.10. The smallest absolute Gasteiger partial charge is 0.0524 e. The van der Waals surface area contributed by atoms with Gasteiger partial charge in [-0.1, -0.05) is 6.92 Å². The van der Waals surface area contributed by atoms with E-state index in [9.17, 15) is 4.91 Å². The summed E-state index contributed by atoms with van der Waals surface area (Å²) >= 11 is 0. The molecular formula is C7H15N3O.